The fourth-order valence-corrected chi connectivity index (χ4v) is 4.22. The quantitative estimate of drug-likeness (QED) is 0.396. The average molecular weight is 518 g/mol. The summed E-state index contributed by atoms with van der Waals surface area (Å²) < 4.78 is 5.08. The molecule has 0 bridgehead atoms. The lowest BCUT2D eigenvalue weighted by Crippen LogP contribution is -2.53. The third kappa shape index (κ3) is 5.41. The van der Waals surface area contributed by atoms with Gasteiger partial charge in [-0.05, 0) is 35.9 Å². The second-order valence-corrected chi connectivity index (χ2v) is 9.02. The Labute approximate surface area is 209 Å². The molecule has 2 aromatic carbocycles. The molecule has 3 aromatic rings. The molecule has 0 aliphatic carbocycles. The molecule has 2 amide bonds. The summed E-state index contributed by atoms with van der Waals surface area (Å²) in [6.45, 7) is 0. The Kier molecular flexibility index (Phi) is 7.20. The van der Waals surface area contributed by atoms with E-state index in [2.05, 4.69) is 15.6 Å². The van der Waals surface area contributed by atoms with Crippen LogP contribution in [-0.4, -0.2) is 42.1 Å². The first-order valence-corrected chi connectivity index (χ1v) is 11.7. The number of carbonyl (C=O) groups excluding carboxylic acids is 2. The number of nitrogens with zero attached hydrogens (tertiary/aromatic N) is 5. The second-order valence-electron chi connectivity index (χ2n) is 7.24. The number of aliphatic imine (C=N–C) groups is 1. The first kappa shape index (κ1) is 23.8. The molecule has 12 heteroatoms. The number of halogens is 2. The number of amidine groups is 1. The molecule has 174 valence electrons. The Balaban J connectivity index is 1.55. The van der Waals surface area contributed by atoms with Gasteiger partial charge in [-0.2, -0.15) is 5.01 Å². The van der Waals surface area contributed by atoms with Crippen LogP contribution in [0.2, 0.25) is 10.0 Å². The smallest absolute Gasteiger partial charge is 0.288 e. The number of thioether (sulfide) groups is 1. The van der Waals surface area contributed by atoms with Crippen molar-refractivity contribution in [2.45, 2.75) is 0 Å². The Morgan fingerprint density at radius 1 is 1.24 bits per heavy atom. The van der Waals surface area contributed by atoms with Crippen molar-refractivity contribution in [2.75, 3.05) is 35.1 Å². The maximum atomic E-state index is 13.2. The second kappa shape index (κ2) is 10.3. The van der Waals surface area contributed by atoms with Crippen molar-refractivity contribution < 1.29 is 18.9 Å². The van der Waals surface area contributed by atoms with Crippen LogP contribution in [-0.2, 0) is 9.59 Å². The van der Waals surface area contributed by atoms with Gasteiger partial charge in [-0.3, -0.25) is 24.3 Å². The van der Waals surface area contributed by atoms with E-state index < -0.39 is 0 Å². The van der Waals surface area contributed by atoms with Crippen molar-refractivity contribution in [1.82, 2.24) is 5.27 Å². The molecule has 0 unspecified atom stereocenters. The minimum absolute atomic E-state index is 0.00685. The summed E-state index contributed by atoms with van der Waals surface area (Å²) >= 11 is 13.4. The molecule has 1 aliphatic rings. The van der Waals surface area contributed by atoms with Crippen LogP contribution in [0.5, 0.6) is 0 Å². The maximum absolute atomic E-state index is 13.2. The van der Waals surface area contributed by atoms with Gasteiger partial charge in [0.1, 0.15) is 5.70 Å². The van der Waals surface area contributed by atoms with Crippen molar-refractivity contribution in [1.29, 1.82) is 0 Å². The highest BCUT2D eigenvalue weighted by molar-refractivity contribution is 8.14. The van der Waals surface area contributed by atoms with Crippen molar-refractivity contribution in [2.24, 2.45) is 4.99 Å². The zero-order valence-corrected chi connectivity index (χ0v) is 20.4. The highest BCUT2D eigenvalue weighted by Gasteiger charge is 2.32. The molecule has 0 radical (unpaired) electrons. The van der Waals surface area contributed by atoms with Gasteiger partial charge < -0.3 is 0 Å². The first-order valence-electron chi connectivity index (χ1n) is 9.95. The van der Waals surface area contributed by atoms with E-state index >= 15 is 0 Å². The van der Waals surface area contributed by atoms with Gasteiger partial charge in [-0.15, -0.1) is 0 Å². The molecule has 2 heterocycles. The zero-order valence-electron chi connectivity index (χ0n) is 18.1. The molecule has 1 aliphatic heterocycles. The Morgan fingerprint density at radius 2 is 2.00 bits per heavy atom. The van der Waals surface area contributed by atoms with Gasteiger partial charge in [0.25, 0.3) is 12.1 Å². The highest BCUT2D eigenvalue weighted by atomic mass is 35.5. The van der Waals surface area contributed by atoms with E-state index in [9.17, 15) is 9.59 Å². The van der Waals surface area contributed by atoms with Gasteiger partial charge in [-0.25, -0.2) is 4.99 Å². The number of benzene rings is 2. The van der Waals surface area contributed by atoms with Gasteiger partial charge in [0.15, 0.2) is 5.17 Å². The molecule has 0 fully saturated rings. The fourth-order valence-electron chi connectivity index (χ4n) is 2.95. The van der Waals surface area contributed by atoms with Crippen molar-refractivity contribution >= 4 is 69.6 Å². The normalized spacial score (nSPS) is 14.5. The molecular weight excluding hydrogens is 499 g/mol. The van der Waals surface area contributed by atoms with Crippen LogP contribution in [0.25, 0.3) is 6.08 Å². The Hall–Kier alpha value is -3.34. The molecule has 0 saturated heterocycles. The average Bonchev–Trinajstić information content (AvgIpc) is 3.39. The molecule has 9 nitrogen and oxygen atoms in total. The SMILES string of the molecule is CN(C)[n+]1cc(NC(=O)CSC2=N/C(=C/c3ccc(Cl)cc3Cl)C(=O)N2c2ccccc2)on1. The number of carbonyl (C=O) groups is 2. The van der Waals surface area contributed by atoms with Crippen LogP contribution < -0.4 is 20.0 Å². The number of hydrogen-bond donors (Lipinski definition) is 1. The summed E-state index contributed by atoms with van der Waals surface area (Å²) in [5, 5.41) is 9.33. The molecule has 1 N–H and O–H groups in total. The predicted octanol–water partition coefficient (Wildman–Crippen LogP) is 3.58. The van der Waals surface area contributed by atoms with Crippen molar-refractivity contribution in [3.8, 4) is 0 Å². The van der Waals surface area contributed by atoms with Gasteiger partial charge in [-0.1, -0.05) is 59.2 Å². The van der Waals surface area contributed by atoms with E-state index in [1.807, 2.05) is 18.2 Å². The summed E-state index contributed by atoms with van der Waals surface area (Å²) in [5.74, 6) is -0.481. The number of aromatic nitrogens is 2. The largest absolute Gasteiger partial charge is 0.305 e. The lowest BCUT2D eigenvalue weighted by Gasteiger charge is -2.17. The lowest BCUT2D eigenvalue weighted by molar-refractivity contribution is -0.753. The van der Waals surface area contributed by atoms with Crippen LogP contribution in [0.1, 0.15) is 5.56 Å². The third-order valence-electron chi connectivity index (χ3n) is 4.56. The van der Waals surface area contributed by atoms with Crippen molar-refractivity contribution in [3.63, 3.8) is 0 Å². The van der Waals surface area contributed by atoms with Gasteiger partial charge in [0, 0.05) is 10.0 Å². The van der Waals surface area contributed by atoms with E-state index in [4.69, 9.17) is 27.7 Å². The first-order chi connectivity index (χ1) is 16.3. The summed E-state index contributed by atoms with van der Waals surface area (Å²) in [7, 11) is 3.55. The summed E-state index contributed by atoms with van der Waals surface area (Å²) in [4.78, 5) is 33.1. The number of hydrogen-bond acceptors (Lipinski definition) is 7. The van der Waals surface area contributed by atoms with Crippen LogP contribution in [0.4, 0.5) is 11.6 Å². The molecule has 0 atom stereocenters. The molecule has 0 saturated carbocycles. The maximum Gasteiger partial charge on any atom is 0.305 e. The molecule has 1 aromatic heterocycles. The molecule has 4 rings (SSSR count). The highest BCUT2D eigenvalue weighted by Crippen LogP contribution is 2.31. The molecule has 0 spiro atoms. The van der Waals surface area contributed by atoms with E-state index in [-0.39, 0.29) is 29.1 Å². The molecular formula is C22H19Cl2N6O3S+. The standard InChI is InChI=1S/C22H18Cl2N6O3S/c1-28(2)29-12-20(33-27-29)26-19(31)13-34-22-25-18(10-14-8-9-15(23)11-17(14)24)21(32)30(22)16-6-4-3-5-7-16/h3-12H,13H2,1-2H3/p+1/b18-10+. The van der Waals surface area contributed by atoms with Crippen LogP contribution >= 0.6 is 35.0 Å². The Morgan fingerprint density at radius 3 is 2.68 bits per heavy atom. The summed E-state index contributed by atoms with van der Waals surface area (Å²) in [5.41, 5.74) is 1.43. The minimum Gasteiger partial charge on any atom is -0.288 e. The fraction of sp³-hybridized carbons (Fsp3) is 0.136. The van der Waals surface area contributed by atoms with E-state index in [0.29, 0.717) is 26.5 Å². The minimum atomic E-state index is -0.339. The number of amides is 2. The van der Waals surface area contributed by atoms with Gasteiger partial charge in [0.05, 0.1) is 30.3 Å². The lowest BCUT2D eigenvalue weighted by atomic mass is 10.2. The monoisotopic (exact) mass is 517 g/mol. The number of nitrogens with one attached hydrogen (secondary N) is 1. The Bertz CT molecular complexity index is 1290. The molecule has 34 heavy (non-hydrogen) atoms. The topological polar surface area (TPSA) is 94.9 Å². The summed E-state index contributed by atoms with van der Waals surface area (Å²) in [6.07, 6.45) is 3.13. The van der Waals surface area contributed by atoms with E-state index in [1.54, 1.807) is 55.5 Å². The van der Waals surface area contributed by atoms with E-state index in [0.717, 1.165) is 11.8 Å². The van der Waals surface area contributed by atoms with E-state index in [1.165, 1.54) is 15.9 Å². The van der Waals surface area contributed by atoms with Crippen LogP contribution in [0.3, 0.4) is 0 Å². The van der Waals surface area contributed by atoms with Crippen LogP contribution in [0, 0.1) is 0 Å². The summed E-state index contributed by atoms with van der Waals surface area (Å²) in [6, 6.07) is 14.1. The number of rotatable bonds is 6. The zero-order chi connectivity index (χ0) is 24.2. The number of anilines is 2. The van der Waals surface area contributed by atoms with Crippen molar-refractivity contribution in [3.05, 3.63) is 76.0 Å². The predicted molar refractivity (Wildman–Crippen MR) is 134 cm³/mol. The van der Waals surface area contributed by atoms with Gasteiger partial charge in [0.2, 0.25) is 11.2 Å². The van der Waals surface area contributed by atoms with Gasteiger partial charge >= 0.3 is 5.88 Å². The third-order valence-corrected chi connectivity index (χ3v) is 6.06. The number of para-hydroxylation sites is 1. The van der Waals surface area contributed by atoms with Crippen LogP contribution in [0.15, 0.2) is 69.9 Å².